The monoisotopic (exact) mass is 1510 g/mol. The van der Waals surface area contributed by atoms with Crippen LogP contribution in [0.3, 0.4) is 0 Å². The van der Waals surface area contributed by atoms with Crippen molar-refractivity contribution in [3.63, 3.8) is 0 Å². The van der Waals surface area contributed by atoms with Crippen molar-refractivity contribution in [3.8, 4) is 0 Å². The molecule has 21 rings (SSSR count). The van der Waals surface area contributed by atoms with E-state index in [9.17, 15) is 0 Å². The minimum absolute atomic E-state index is 0.00704. The van der Waals surface area contributed by atoms with Crippen LogP contribution in [0.1, 0.15) is 137 Å². The van der Waals surface area contributed by atoms with Gasteiger partial charge in [-0.3, -0.25) is 19.6 Å². The van der Waals surface area contributed by atoms with Gasteiger partial charge in [-0.05, 0) is 245 Å². The number of hydrogen-bond acceptors (Lipinski definition) is 10. The smallest absolute Gasteiger partial charge is 0.266 e. The van der Waals surface area contributed by atoms with Gasteiger partial charge < -0.3 is 9.80 Å². The van der Waals surface area contributed by atoms with Crippen molar-refractivity contribution in [2.75, 3.05) is 29.4 Å². The highest BCUT2D eigenvalue weighted by Gasteiger charge is 2.53. The van der Waals surface area contributed by atoms with Crippen LogP contribution >= 0.6 is 22.7 Å². The maximum atomic E-state index is 6.45. The lowest BCUT2D eigenvalue weighted by Gasteiger charge is -2.47. The third-order valence-electron chi connectivity index (χ3n) is 26.6. The first-order valence-electron chi connectivity index (χ1n) is 40.8. The Bertz CT molecular complexity index is 6120. The number of nitrogens with zero attached hydrogens (tertiary/aromatic N) is 8. The van der Waals surface area contributed by atoms with Crippen LogP contribution < -0.4 is 60.8 Å². The second kappa shape index (κ2) is 25.5. The largest absolute Gasteiger partial charge is 0.311 e. The highest BCUT2D eigenvalue weighted by atomic mass is 32.1. The number of thiophene rings is 2. The average molecular weight is 1520 g/mol. The van der Waals surface area contributed by atoms with Crippen molar-refractivity contribution in [2.45, 2.75) is 144 Å². The molecule has 8 heterocycles. The minimum atomic E-state index is -0.280. The van der Waals surface area contributed by atoms with Gasteiger partial charge in [-0.25, -0.2) is 9.97 Å². The molecule has 0 spiro atoms. The molecule has 0 radical (unpaired) electrons. The van der Waals surface area contributed by atoms with E-state index in [2.05, 4.69) is 381 Å². The molecule has 0 amide bonds. The van der Waals surface area contributed by atoms with E-state index in [0.29, 0.717) is 0 Å². The summed E-state index contributed by atoms with van der Waals surface area (Å²) in [6, 6.07) is 97.3. The van der Waals surface area contributed by atoms with Gasteiger partial charge in [0.2, 0.25) is 0 Å². The summed E-state index contributed by atoms with van der Waals surface area (Å²) in [5, 5.41) is 2.44. The zero-order valence-electron chi connectivity index (χ0n) is 67.6. The van der Waals surface area contributed by atoms with Crippen LogP contribution in [-0.2, 0) is 21.7 Å². The van der Waals surface area contributed by atoms with Crippen LogP contribution in [0.4, 0.5) is 103 Å². The van der Waals surface area contributed by atoms with Gasteiger partial charge in [-0.15, -0.1) is 22.7 Å². The molecule has 0 atom stereocenters. The zero-order chi connectivity index (χ0) is 77.9. The zero-order valence-corrected chi connectivity index (χ0v) is 69.3. The Kier molecular flexibility index (Phi) is 15.8. The van der Waals surface area contributed by atoms with E-state index in [0.717, 1.165) is 128 Å². The number of aryl methyl sites for hydroxylation is 6. The molecule has 0 fully saturated rings. The lowest BCUT2D eigenvalue weighted by molar-refractivity contribution is 0.332. The summed E-state index contributed by atoms with van der Waals surface area (Å²) in [6.07, 6.45) is 4.45. The summed E-state index contributed by atoms with van der Waals surface area (Å²) < 4.78 is 5.10. The van der Waals surface area contributed by atoms with E-state index in [-0.39, 0.29) is 35.1 Å². The molecule has 11 aromatic carbocycles. The minimum Gasteiger partial charge on any atom is -0.311 e. The van der Waals surface area contributed by atoms with Gasteiger partial charge in [0.1, 0.15) is 23.3 Å². The molecule has 12 heteroatoms. The SMILES string of the molecule is Cc1ccccc1N(c1cc2c3c(n1)N(c1ccc4c(c1)C(C)(C)CCC4(C)C)c1c(sc4ccccc14)B3c1cc3c(cc1N2c1ccccc1)N(c1ccccc1)c1cc(N(c2ccccc2C)c2c(C)cccc2C)nc2c1B3c1sc3ccccc3c1N2c1ccc2c(c1)C(C)(C)CCC2(C)C)c1c(C)cccc1C. The third-order valence-corrected chi connectivity index (χ3v) is 29.1. The van der Waals surface area contributed by atoms with Crippen LogP contribution in [0.15, 0.2) is 255 Å². The van der Waals surface area contributed by atoms with Crippen molar-refractivity contribution < 1.29 is 0 Å². The third kappa shape index (κ3) is 10.5. The fourth-order valence-corrected chi connectivity index (χ4v) is 23.2. The van der Waals surface area contributed by atoms with E-state index < -0.39 is 0 Å². The maximum absolute atomic E-state index is 6.45. The normalized spacial score (nSPS) is 16.0. The number of benzene rings is 11. The molecule has 4 aromatic heterocycles. The first kappa shape index (κ1) is 70.4. The lowest BCUT2D eigenvalue weighted by atomic mass is 9.33. The molecule has 4 aliphatic heterocycles. The predicted octanol–water partition coefficient (Wildman–Crippen LogP) is 24.6. The van der Waals surface area contributed by atoms with Gasteiger partial charge in [-0.2, -0.15) is 0 Å². The molecule has 114 heavy (non-hydrogen) atoms. The fraction of sp³-hybridized carbons (Fsp3) is 0.216. The number of rotatable bonds is 10. The molecule has 0 N–H and O–H groups in total. The summed E-state index contributed by atoms with van der Waals surface area (Å²) in [5.41, 5.74) is 33.0. The van der Waals surface area contributed by atoms with Crippen LogP contribution in [0.5, 0.6) is 0 Å². The van der Waals surface area contributed by atoms with E-state index in [1.165, 1.54) is 107 Å². The molecular formula is C102H92B2N8S2. The number of pyridine rings is 2. The molecule has 15 aromatic rings. The number of hydrogen-bond donors (Lipinski definition) is 0. The van der Waals surface area contributed by atoms with E-state index in [1.807, 2.05) is 22.7 Å². The average Bonchev–Trinajstić information content (AvgIpc) is 1.22. The predicted molar refractivity (Wildman–Crippen MR) is 489 cm³/mol. The Morgan fingerprint density at radius 2 is 0.667 bits per heavy atom. The van der Waals surface area contributed by atoms with Gasteiger partial charge in [0.05, 0.1) is 34.1 Å². The Balaban J connectivity index is 0.914. The Hall–Kier alpha value is -11.4. The Morgan fingerprint density at radius 1 is 0.316 bits per heavy atom. The molecule has 0 saturated carbocycles. The van der Waals surface area contributed by atoms with Gasteiger partial charge in [0.15, 0.2) is 0 Å². The number of anilines is 18. The van der Waals surface area contributed by atoms with Gasteiger partial charge in [0, 0.05) is 87.4 Å². The highest BCUT2D eigenvalue weighted by Crippen LogP contribution is 2.57. The molecule has 0 unspecified atom stereocenters. The van der Waals surface area contributed by atoms with Gasteiger partial charge >= 0.3 is 0 Å². The second-order valence-electron chi connectivity index (χ2n) is 35.7. The summed E-state index contributed by atoms with van der Waals surface area (Å²) in [6.45, 7) is 32.6. The topological polar surface area (TPSA) is 45.2 Å². The van der Waals surface area contributed by atoms with Crippen molar-refractivity contribution >= 4 is 191 Å². The van der Waals surface area contributed by atoms with E-state index >= 15 is 0 Å². The summed E-state index contributed by atoms with van der Waals surface area (Å²) in [4.78, 5) is 28.3. The Morgan fingerprint density at radius 3 is 1.06 bits per heavy atom. The highest BCUT2D eigenvalue weighted by molar-refractivity contribution is 7.35. The van der Waals surface area contributed by atoms with Crippen molar-refractivity contribution in [3.05, 3.63) is 310 Å². The summed E-state index contributed by atoms with van der Waals surface area (Å²) >= 11 is 3.91. The van der Waals surface area contributed by atoms with Crippen molar-refractivity contribution in [1.82, 2.24) is 9.97 Å². The second-order valence-corrected chi connectivity index (χ2v) is 37.8. The molecule has 2 aliphatic carbocycles. The molecule has 8 nitrogen and oxygen atoms in total. The van der Waals surface area contributed by atoms with Crippen molar-refractivity contribution in [1.29, 1.82) is 0 Å². The molecule has 6 aliphatic rings. The van der Waals surface area contributed by atoms with Crippen LogP contribution in [0.2, 0.25) is 0 Å². The molecule has 558 valence electrons. The first-order chi connectivity index (χ1) is 55.0. The Labute approximate surface area is 679 Å². The van der Waals surface area contributed by atoms with Crippen LogP contribution in [-0.4, -0.2) is 23.4 Å². The van der Waals surface area contributed by atoms with Gasteiger partial charge in [0.25, 0.3) is 13.4 Å². The standard InChI is InChI=1S/C102H92B2N8S2/c1-61-31-21-25-43-79(61)111(91-63(3)33-29-34-64(91)4)87-59-83-89-97(105-87)109(69-47-49-73-75(55-69)101(11,12)53-51-99(73,7)8)93-71-41-23-27-45-85(71)113-95(93)103(89)77-57-78-82(58-81(77)107(83)67-37-17-15-18-38-67)108(68-39-19-16-20-40-68)84-60-88(112(80-44-26-22-32-62(80)2)92-65(5)35-30-36-66(92)6)106-98-90(84)104(78)96-94(72-42-24-28-46-86(72)114-96)110(98)70-48-50-74-76(56-70)102(13,14)54-52-100(74,9)10/h15-50,55-60H,51-54H2,1-14H3. The quantitative estimate of drug-likeness (QED) is 0.126. The van der Waals surface area contributed by atoms with Crippen LogP contribution in [0.25, 0.3) is 20.2 Å². The lowest BCUT2D eigenvalue weighted by Crippen LogP contribution is -2.64. The first-order valence-corrected chi connectivity index (χ1v) is 42.4. The molecule has 0 saturated heterocycles. The number of fused-ring (bicyclic) bond motifs is 14. The summed E-state index contributed by atoms with van der Waals surface area (Å²) in [7, 11) is 0. The van der Waals surface area contributed by atoms with Gasteiger partial charge in [-0.1, -0.05) is 219 Å². The van der Waals surface area contributed by atoms with E-state index in [4.69, 9.17) is 9.97 Å². The maximum Gasteiger partial charge on any atom is 0.266 e. The number of aromatic nitrogens is 2. The fourth-order valence-electron chi connectivity index (χ4n) is 20.6. The molecule has 0 bridgehead atoms. The van der Waals surface area contributed by atoms with Crippen LogP contribution in [0, 0.1) is 41.5 Å². The van der Waals surface area contributed by atoms with Crippen molar-refractivity contribution in [2.24, 2.45) is 0 Å². The number of para-hydroxylation sites is 6. The molecular weight excluding hydrogens is 1420 g/mol. The summed E-state index contributed by atoms with van der Waals surface area (Å²) in [5.74, 6) is 3.54. The van der Waals surface area contributed by atoms with E-state index in [1.54, 1.807) is 0 Å².